The Kier molecular flexibility index (Phi) is 9.27. The van der Waals surface area contributed by atoms with Crippen LogP contribution in [0.2, 0.25) is 16.6 Å². The average molecular weight is 544 g/mol. The van der Waals surface area contributed by atoms with Crippen LogP contribution in [-0.2, 0) is 9.16 Å². The van der Waals surface area contributed by atoms with Crippen LogP contribution in [0, 0.1) is 11.3 Å². The van der Waals surface area contributed by atoms with Crippen LogP contribution in [-0.4, -0.2) is 36.1 Å². The van der Waals surface area contributed by atoms with E-state index < -0.39 is 14.0 Å². The Morgan fingerprint density at radius 1 is 1.03 bits per heavy atom. The molecule has 0 bridgehead atoms. The van der Waals surface area contributed by atoms with Crippen molar-refractivity contribution < 1.29 is 9.16 Å². The van der Waals surface area contributed by atoms with E-state index in [4.69, 9.17) is 21.4 Å². The Balaban J connectivity index is 1.90. The van der Waals surface area contributed by atoms with Crippen LogP contribution in [0.4, 0.5) is 0 Å². The van der Waals surface area contributed by atoms with Gasteiger partial charge in [0.25, 0.3) is 0 Å². The maximum Gasteiger partial charge on any atom is 0.200 e. The highest BCUT2D eigenvalue weighted by Gasteiger charge is 2.62. The molecule has 0 aliphatic carbocycles. The predicted octanol–water partition coefficient (Wildman–Crippen LogP) is 9.46. The first-order valence-electron chi connectivity index (χ1n) is 14.5. The fourth-order valence-electron chi connectivity index (χ4n) is 7.99. The summed E-state index contributed by atoms with van der Waals surface area (Å²) in [6, 6.07) is 10.9. The van der Waals surface area contributed by atoms with E-state index in [9.17, 15) is 0 Å². The smallest absolute Gasteiger partial charge is 0.200 e. The zero-order chi connectivity index (χ0) is 27.8. The van der Waals surface area contributed by atoms with Crippen LogP contribution < -0.4 is 0 Å². The molecule has 4 atom stereocenters. The highest BCUT2D eigenvalue weighted by molar-refractivity contribution is 7.80. The van der Waals surface area contributed by atoms with Crippen LogP contribution in [0.5, 0.6) is 0 Å². The van der Waals surface area contributed by atoms with Gasteiger partial charge in [0.05, 0.1) is 16.6 Å². The molecule has 0 radical (unpaired) electrons. The van der Waals surface area contributed by atoms with Gasteiger partial charge in [-0.05, 0) is 74.6 Å². The fraction of sp³-hybridized carbons (Fsp3) is 0.719. The Hall–Kier alpha value is -1.01. The lowest BCUT2D eigenvalue weighted by Gasteiger charge is -2.53. The normalized spacial score (nSPS) is 28.7. The van der Waals surface area contributed by atoms with Crippen molar-refractivity contribution in [1.29, 1.82) is 0 Å². The third kappa shape index (κ3) is 5.27. The lowest BCUT2D eigenvalue weighted by Crippen LogP contribution is -2.58. The molecule has 0 spiro atoms. The van der Waals surface area contributed by atoms with E-state index in [1.54, 1.807) is 0 Å². The third-order valence-corrected chi connectivity index (χ3v) is 16.5. The van der Waals surface area contributed by atoms with Crippen molar-refractivity contribution in [2.75, 3.05) is 6.61 Å². The number of allylic oxidation sites excluding steroid dienone is 1. The molecule has 2 saturated heterocycles. The molecule has 0 amide bonds. The summed E-state index contributed by atoms with van der Waals surface area (Å²) in [7, 11) is -1.88. The summed E-state index contributed by atoms with van der Waals surface area (Å²) in [6.45, 7) is 28.2. The second kappa shape index (κ2) is 11.2. The maximum atomic E-state index is 6.96. The minimum absolute atomic E-state index is 0.0852. The Morgan fingerprint density at radius 2 is 1.59 bits per heavy atom. The van der Waals surface area contributed by atoms with Crippen LogP contribution in [0.25, 0.3) is 0 Å². The van der Waals surface area contributed by atoms with E-state index in [1.165, 1.54) is 5.56 Å². The molecule has 1 aromatic carbocycles. The Bertz CT molecular complexity index is 924. The van der Waals surface area contributed by atoms with Crippen LogP contribution >= 0.6 is 12.2 Å². The molecule has 208 valence electrons. The number of benzene rings is 1. The van der Waals surface area contributed by atoms with Crippen molar-refractivity contribution in [3.8, 4) is 0 Å². The molecule has 0 aromatic heterocycles. The highest BCUT2D eigenvalue weighted by atomic mass is 32.1. The fourth-order valence-corrected chi connectivity index (χ4v) is 14.2. The van der Waals surface area contributed by atoms with Gasteiger partial charge in [-0.25, -0.2) is 0 Å². The molecule has 3 rings (SSSR count). The average Bonchev–Trinajstić information content (AvgIpc) is 3.05. The van der Waals surface area contributed by atoms with Gasteiger partial charge < -0.3 is 14.1 Å². The topological polar surface area (TPSA) is 21.7 Å². The van der Waals surface area contributed by atoms with Gasteiger partial charge in [0.2, 0.25) is 0 Å². The molecule has 2 heterocycles. The van der Waals surface area contributed by atoms with E-state index >= 15 is 0 Å². The van der Waals surface area contributed by atoms with Gasteiger partial charge in [-0.1, -0.05) is 97.1 Å². The van der Waals surface area contributed by atoms with E-state index in [0.717, 1.165) is 37.3 Å². The molecule has 1 aromatic rings. The molecule has 0 unspecified atom stereocenters. The van der Waals surface area contributed by atoms with Crippen molar-refractivity contribution in [3.05, 3.63) is 48.6 Å². The van der Waals surface area contributed by atoms with Crippen molar-refractivity contribution in [3.63, 3.8) is 0 Å². The molecular weight excluding hydrogens is 491 g/mol. The van der Waals surface area contributed by atoms with Crippen LogP contribution in [0.1, 0.15) is 107 Å². The first-order chi connectivity index (χ1) is 17.2. The minimum atomic E-state index is -1.88. The van der Waals surface area contributed by atoms with E-state index in [0.29, 0.717) is 16.6 Å². The summed E-state index contributed by atoms with van der Waals surface area (Å²) in [5, 5.41) is 0. The van der Waals surface area contributed by atoms with Gasteiger partial charge in [0, 0.05) is 12.0 Å². The standard InChI is InChI=1S/C32H53NO2SSi/c1-12-26(8)32(19-16-22-34-37(23(2)3,24(4)5)25(6)7)21-20-31(11)33(29(32)36)28(30(9,10)35-31)27-17-14-13-15-18-27/h12-15,17-18,23-26,28H,1,16,19-22H2,2-11H3/t26-,28+,31-,32+/m1/s1. The quantitative estimate of drug-likeness (QED) is 0.120. The number of hydrogen-bond donors (Lipinski definition) is 0. The second-order valence-corrected chi connectivity index (χ2v) is 19.2. The number of fused-ring (bicyclic) bond motifs is 1. The van der Waals surface area contributed by atoms with Gasteiger partial charge in [-0.2, -0.15) is 0 Å². The predicted molar refractivity (Wildman–Crippen MR) is 164 cm³/mol. The van der Waals surface area contributed by atoms with E-state index in [1.807, 2.05) is 0 Å². The maximum absolute atomic E-state index is 6.96. The largest absolute Gasteiger partial charge is 0.416 e. The number of rotatable bonds is 11. The number of hydrogen-bond acceptors (Lipinski definition) is 3. The molecule has 0 saturated carbocycles. The van der Waals surface area contributed by atoms with Gasteiger partial charge in [0.15, 0.2) is 8.32 Å². The molecule has 0 N–H and O–H groups in total. The molecule has 2 aliphatic heterocycles. The lowest BCUT2D eigenvalue weighted by atomic mass is 9.65. The summed E-state index contributed by atoms with van der Waals surface area (Å²) in [5.41, 5.74) is 2.21. The molecule has 5 heteroatoms. The van der Waals surface area contributed by atoms with E-state index in [-0.39, 0.29) is 23.0 Å². The number of ether oxygens (including phenoxy) is 1. The second-order valence-electron chi connectivity index (χ2n) is 13.3. The van der Waals surface area contributed by atoms with Gasteiger partial charge in [-0.3, -0.25) is 0 Å². The third-order valence-electron chi connectivity index (χ3n) is 9.76. The molecule has 2 fully saturated rings. The monoisotopic (exact) mass is 543 g/mol. The minimum Gasteiger partial charge on any atom is -0.416 e. The molecule has 2 aliphatic rings. The van der Waals surface area contributed by atoms with Crippen LogP contribution in [0.3, 0.4) is 0 Å². The summed E-state index contributed by atoms with van der Waals surface area (Å²) in [6.07, 6.45) is 6.13. The van der Waals surface area contributed by atoms with Gasteiger partial charge in [0.1, 0.15) is 5.72 Å². The Labute approximate surface area is 234 Å². The SMILES string of the molecule is C=C[C@@H](C)[C@]1(CCCO[Si](C(C)C)(C(C)C)C(C)C)CC[C@@]2(C)OC(C)(C)[C@H](c3ccccc3)N2C1=S. The summed E-state index contributed by atoms with van der Waals surface area (Å²) in [4.78, 5) is 3.52. The van der Waals surface area contributed by atoms with E-state index in [2.05, 4.69) is 117 Å². The first-order valence-corrected chi connectivity index (χ1v) is 17.1. The summed E-state index contributed by atoms with van der Waals surface area (Å²) in [5.74, 6) is 0.284. The van der Waals surface area contributed by atoms with Crippen molar-refractivity contribution in [2.45, 2.75) is 129 Å². The van der Waals surface area contributed by atoms with Crippen molar-refractivity contribution in [1.82, 2.24) is 4.90 Å². The van der Waals surface area contributed by atoms with Crippen molar-refractivity contribution >= 4 is 25.5 Å². The van der Waals surface area contributed by atoms with Gasteiger partial charge in [-0.15, -0.1) is 6.58 Å². The highest BCUT2D eigenvalue weighted by Crippen LogP contribution is 2.58. The summed E-state index contributed by atoms with van der Waals surface area (Å²) >= 11 is 6.48. The molecule has 3 nitrogen and oxygen atoms in total. The summed E-state index contributed by atoms with van der Waals surface area (Å²) < 4.78 is 13.8. The Morgan fingerprint density at radius 3 is 2.11 bits per heavy atom. The molecule has 37 heavy (non-hydrogen) atoms. The molecular formula is C32H53NO2SSi. The lowest BCUT2D eigenvalue weighted by molar-refractivity contribution is -0.121. The van der Waals surface area contributed by atoms with Crippen molar-refractivity contribution in [2.24, 2.45) is 11.3 Å². The van der Waals surface area contributed by atoms with Crippen LogP contribution in [0.15, 0.2) is 43.0 Å². The number of nitrogens with zero attached hydrogens (tertiary/aromatic N) is 1. The first kappa shape index (κ1) is 30.5. The van der Waals surface area contributed by atoms with Gasteiger partial charge >= 0.3 is 0 Å². The number of piperidine rings is 1. The zero-order valence-corrected chi connectivity index (χ0v) is 27.1. The zero-order valence-electron chi connectivity index (χ0n) is 25.3. The number of thiocarbonyl (C=S) groups is 1.